The molecule has 0 saturated carbocycles. The smallest absolute Gasteiger partial charge is 0.0619 e. The zero-order chi connectivity index (χ0) is 41.7. The number of para-hydroxylation sites is 4. The van der Waals surface area contributed by atoms with E-state index >= 15 is 0 Å². The first kappa shape index (κ1) is 37.9. The molecule has 0 aliphatic carbocycles. The van der Waals surface area contributed by atoms with Gasteiger partial charge in [0.1, 0.15) is 0 Å². The number of rotatable bonds is 9. The van der Waals surface area contributed by atoms with Crippen LogP contribution in [0.3, 0.4) is 0 Å². The van der Waals surface area contributed by atoms with Crippen LogP contribution in [0.4, 0.5) is 39.8 Å². The van der Waals surface area contributed by atoms with Crippen LogP contribution in [0.15, 0.2) is 200 Å². The third-order valence-electron chi connectivity index (χ3n) is 11.7. The lowest BCUT2D eigenvalue weighted by atomic mass is 9.95. The molecule has 0 radical (unpaired) electrons. The van der Waals surface area contributed by atoms with Gasteiger partial charge in [-0.2, -0.15) is 0 Å². The van der Waals surface area contributed by atoms with E-state index in [4.69, 9.17) is 0 Å². The van der Waals surface area contributed by atoms with Gasteiger partial charge in [-0.3, -0.25) is 0 Å². The minimum atomic E-state index is -0.0876. The minimum Gasteiger partial charge on any atom is -0.380 e. The number of hydrogen-bond donors (Lipinski definition) is 1. The maximum absolute atomic E-state index is 3.76. The topological polar surface area (TPSA) is 23.4 Å². The number of benzene rings is 9. The van der Waals surface area contributed by atoms with Crippen molar-refractivity contribution in [1.82, 2.24) is 4.57 Å². The summed E-state index contributed by atoms with van der Waals surface area (Å²) in [5.74, 6) is 0. The van der Waals surface area contributed by atoms with Crippen molar-refractivity contribution in [2.45, 2.75) is 46.2 Å². The molecule has 10 rings (SSSR count). The van der Waals surface area contributed by atoms with Crippen LogP contribution in [0, 0.1) is 0 Å². The van der Waals surface area contributed by atoms with E-state index in [-0.39, 0.29) is 5.54 Å². The third-order valence-corrected chi connectivity index (χ3v) is 11.7. The highest BCUT2D eigenvalue weighted by atomic mass is 15.2. The third kappa shape index (κ3) is 6.84. The number of hydrogen-bond acceptors (Lipinski definition) is 3. The van der Waals surface area contributed by atoms with Gasteiger partial charge in [-0.15, -0.1) is 0 Å². The van der Waals surface area contributed by atoms with Crippen LogP contribution in [0.25, 0.3) is 54.5 Å². The monoisotopic (exact) mass is 790 g/mol. The molecule has 9 aromatic carbocycles. The number of nitrogens with one attached hydrogen (secondary N) is 1. The molecule has 298 valence electrons. The van der Waals surface area contributed by atoms with Crippen molar-refractivity contribution >= 4 is 83.2 Å². The molecule has 0 atom stereocenters. The first-order valence-corrected chi connectivity index (χ1v) is 21.4. The molecule has 10 aromatic rings. The van der Waals surface area contributed by atoms with Crippen LogP contribution >= 0.6 is 0 Å². The molecule has 1 aromatic heterocycles. The highest BCUT2D eigenvalue weighted by molar-refractivity contribution is 6.23. The fraction of sp³-hybridized carbons (Fsp3) is 0.123. The van der Waals surface area contributed by atoms with Crippen LogP contribution in [0.1, 0.15) is 40.7 Å². The van der Waals surface area contributed by atoms with E-state index in [1.165, 1.54) is 48.9 Å². The van der Waals surface area contributed by atoms with Crippen LogP contribution < -0.4 is 15.1 Å². The SMILES string of the molecule is CC(C)n1c2ccccc2c2cc(N(c3ccccc3)c3c4ccccc4c(N(c4ccccc4)c4cccc(-c5ccccc5NC(C)(C)C)c4)c4ccccc34)ccc21. The summed E-state index contributed by atoms with van der Waals surface area (Å²) in [6.45, 7) is 11.2. The van der Waals surface area contributed by atoms with Gasteiger partial charge in [0, 0.05) is 88.9 Å². The van der Waals surface area contributed by atoms with Crippen LogP contribution in [-0.2, 0) is 0 Å². The lowest BCUT2D eigenvalue weighted by Gasteiger charge is -2.33. The van der Waals surface area contributed by atoms with Crippen LogP contribution in [0.5, 0.6) is 0 Å². The molecule has 0 aliphatic rings. The molecule has 0 aliphatic heterocycles. The molecular formula is C57H50N4. The first-order chi connectivity index (χ1) is 29.7. The van der Waals surface area contributed by atoms with E-state index in [2.05, 4.69) is 254 Å². The molecule has 1 N–H and O–H groups in total. The molecule has 61 heavy (non-hydrogen) atoms. The summed E-state index contributed by atoms with van der Waals surface area (Å²) < 4.78 is 2.47. The molecule has 0 saturated heterocycles. The standard InChI is InChI=1S/C57H50N4/c1-39(2)59-53-34-19-17-28-46(53)51-38-44(35-36-54(51)59)61(42-24-10-7-11-25-42)56-49-31-14-12-29-47(49)55(48-30-13-15-32-50(48)56)60(41-22-8-6-9-23-41)43-26-20-21-40(37-43)45-27-16-18-33-52(45)58-57(3,4)5/h6-39,58H,1-5H3. The van der Waals surface area contributed by atoms with E-state index < -0.39 is 0 Å². The Labute approximate surface area is 358 Å². The van der Waals surface area contributed by atoms with E-state index in [0.717, 1.165) is 45.4 Å². The maximum Gasteiger partial charge on any atom is 0.0619 e. The fourth-order valence-electron chi connectivity index (χ4n) is 9.28. The van der Waals surface area contributed by atoms with Gasteiger partial charge in [-0.1, -0.05) is 133 Å². The fourth-order valence-corrected chi connectivity index (χ4v) is 9.28. The Bertz CT molecular complexity index is 3130. The number of anilines is 7. The van der Waals surface area contributed by atoms with Gasteiger partial charge in [0.2, 0.25) is 0 Å². The van der Waals surface area contributed by atoms with Crippen LogP contribution in [-0.4, -0.2) is 10.1 Å². The summed E-state index contributed by atoms with van der Waals surface area (Å²) in [5, 5.41) is 10.9. The zero-order valence-electron chi connectivity index (χ0n) is 35.5. The van der Waals surface area contributed by atoms with Crippen molar-refractivity contribution < 1.29 is 0 Å². The molecular weight excluding hydrogens is 741 g/mol. The highest BCUT2D eigenvalue weighted by Crippen LogP contribution is 2.52. The van der Waals surface area contributed by atoms with Crippen molar-refractivity contribution in [2.75, 3.05) is 15.1 Å². The Morgan fingerprint density at radius 1 is 0.410 bits per heavy atom. The van der Waals surface area contributed by atoms with E-state index in [9.17, 15) is 0 Å². The molecule has 0 bridgehead atoms. The quantitative estimate of drug-likeness (QED) is 0.116. The van der Waals surface area contributed by atoms with Crippen molar-refractivity contribution in [3.8, 4) is 11.1 Å². The number of fused-ring (bicyclic) bond motifs is 5. The van der Waals surface area contributed by atoms with Gasteiger partial charge < -0.3 is 19.7 Å². The molecule has 4 nitrogen and oxygen atoms in total. The summed E-state index contributed by atoms with van der Waals surface area (Å²) in [6.07, 6.45) is 0. The lowest BCUT2D eigenvalue weighted by molar-refractivity contribution is 0.634. The molecule has 0 unspecified atom stereocenters. The maximum atomic E-state index is 3.76. The minimum absolute atomic E-state index is 0.0876. The second-order valence-electron chi connectivity index (χ2n) is 17.3. The Kier molecular flexibility index (Phi) is 9.57. The molecule has 0 fully saturated rings. The largest absolute Gasteiger partial charge is 0.380 e. The average molecular weight is 791 g/mol. The average Bonchev–Trinajstić information content (AvgIpc) is 3.62. The summed E-state index contributed by atoms with van der Waals surface area (Å²) in [7, 11) is 0. The Balaban J connectivity index is 1.25. The molecule has 0 spiro atoms. The van der Waals surface area contributed by atoms with Crippen molar-refractivity contribution in [2.24, 2.45) is 0 Å². The van der Waals surface area contributed by atoms with Gasteiger partial charge in [0.15, 0.2) is 0 Å². The predicted octanol–water partition coefficient (Wildman–Crippen LogP) is 16.5. The van der Waals surface area contributed by atoms with Crippen molar-refractivity contribution in [1.29, 1.82) is 0 Å². The molecule has 4 heteroatoms. The second-order valence-corrected chi connectivity index (χ2v) is 17.3. The number of nitrogens with zero attached hydrogens (tertiary/aromatic N) is 3. The van der Waals surface area contributed by atoms with Gasteiger partial charge in [0.25, 0.3) is 0 Å². The summed E-state index contributed by atoms with van der Waals surface area (Å²) in [6, 6.07) is 73.4. The van der Waals surface area contributed by atoms with Crippen LogP contribution in [0.2, 0.25) is 0 Å². The lowest BCUT2D eigenvalue weighted by Crippen LogP contribution is -2.26. The molecule has 0 amide bonds. The summed E-state index contributed by atoms with van der Waals surface area (Å²) >= 11 is 0. The molecule has 1 heterocycles. The number of aromatic nitrogens is 1. The second kappa shape index (κ2) is 15.4. The summed E-state index contributed by atoms with van der Waals surface area (Å²) in [5.41, 5.74) is 12.5. The van der Waals surface area contributed by atoms with Gasteiger partial charge in [0.05, 0.1) is 11.4 Å². The van der Waals surface area contributed by atoms with Gasteiger partial charge in [-0.25, -0.2) is 0 Å². The Hall–Kier alpha value is -7.30. The predicted molar refractivity (Wildman–Crippen MR) is 263 cm³/mol. The Morgan fingerprint density at radius 3 is 1.43 bits per heavy atom. The van der Waals surface area contributed by atoms with E-state index in [1.54, 1.807) is 0 Å². The first-order valence-electron chi connectivity index (χ1n) is 21.4. The van der Waals surface area contributed by atoms with Crippen molar-refractivity contribution in [3.63, 3.8) is 0 Å². The highest BCUT2D eigenvalue weighted by Gasteiger charge is 2.26. The Morgan fingerprint density at radius 2 is 0.869 bits per heavy atom. The van der Waals surface area contributed by atoms with Crippen molar-refractivity contribution in [3.05, 3.63) is 200 Å². The normalized spacial score (nSPS) is 11.8. The van der Waals surface area contributed by atoms with Gasteiger partial charge in [-0.05, 0) is 107 Å². The van der Waals surface area contributed by atoms with E-state index in [1.807, 2.05) is 0 Å². The zero-order valence-corrected chi connectivity index (χ0v) is 35.5. The van der Waals surface area contributed by atoms with Gasteiger partial charge >= 0.3 is 0 Å². The summed E-state index contributed by atoms with van der Waals surface area (Å²) in [4.78, 5) is 4.93. The van der Waals surface area contributed by atoms with E-state index in [0.29, 0.717) is 6.04 Å².